The van der Waals surface area contributed by atoms with Crippen LogP contribution in [0.1, 0.15) is 48.7 Å². The van der Waals surface area contributed by atoms with Crippen LogP contribution in [0, 0.1) is 13.8 Å². The van der Waals surface area contributed by atoms with Gasteiger partial charge in [0.05, 0.1) is 18.8 Å². The minimum atomic E-state index is -0.949. The molecule has 0 aliphatic heterocycles. The van der Waals surface area contributed by atoms with E-state index in [1.54, 1.807) is 25.1 Å². The number of ether oxygens (including phenoxy) is 3. The Hall–Kier alpha value is -3.02. The summed E-state index contributed by atoms with van der Waals surface area (Å²) in [5, 5.41) is 2.80. The minimum absolute atomic E-state index is 0.295. The van der Waals surface area contributed by atoms with Gasteiger partial charge in [0, 0.05) is 5.69 Å². The number of esters is 1. The molecule has 0 aliphatic rings. The van der Waals surface area contributed by atoms with Gasteiger partial charge in [-0.3, -0.25) is 4.79 Å². The topological polar surface area (TPSA) is 73.9 Å². The van der Waals surface area contributed by atoms with E-state index in [4.69, 9.17) is 14.2 Å². The molecule has 6 heteroatoms. The largest absolute Gasteiger partial charge is 0.490 e. The van der Waals surface area contributed by atoms with Crippen LogP contribution in [0.3, 0.4) is 0 Å². The molecule has 1 amide bonds. The van der Waals surface area contributed by atoms with E-state index in [0.717, 1.165) is 17.5 Å². The van der Waals surface area contributed by atoms with Crippen LogP contribution in [-0.2, 0) is 9.53 Å². The molecule has 0 saturated carbocycles. The zero-order chi connectivity index (χ0) is 21.4. The Labute approximate surface area is 172 Å². The van der Waals surface area contributed by atoms with E-state index in [-0.39, 0.29) is 0 Å². The Morgan fingerprint density at radius 3 is 2.41 bits per heavy atom. The lowest BCUT2D eigenvalue weighted by molar-refractivity contribution is -0.123. The van der Waals surface area contributed by atoms with E-state index in [1.165, 1.54) is 0 Å². The fourth-order valence-corrected chi connectivity index (χ4v) is 2.70. The van der Waals surface area contributed by atoms with E-state index in [2.05, 4.69) is 5.32 Å². The molecule has 29 heavy (non-hydrogen) atoms. The normalized spacial score (nSPS) is 11.5. The molecule has 0 fully saturated rings. The average Bonchev–Trinajstić information content (AvgIpc) is 2.69. The summed E-state index contributed by atoms with van der Waals surface area (Å²) in [6.07, 6.45) is -0.0858. The molecule has 0 aliphatic carbocycles. The molecule has 156 valence electrons. The van der Waals surface area contributed by atoms with Crippen molar-refractivity contribution in [3.63, 3.8) is 0 Å². The smallest absolute Gasteiger partial charge is 0.339 e. The Balaban J connectivity index is 2.05. The molecule has 2 rings (SSSR count). The molecule has 1 N–H and O–H groups in total. The second-order valence-corrected chi connectivity index (χ2v) is 6.80. The number of anilines is 1. The number of benzene rings is 2. The number of carbonyl (C=O) groups excluding carboxylic acids is 2. The average molecular weight is 399 g/mol. The van der Waals surface area contributed by atoms with Gasteiger partial charge < -0.3 is 19.5 Å². The van der Waals surface area contributed by atoms with Gasteiger partial charge in [-0.2, -0.15) is 0 Å². The lowest BCUT2D eigenvalue weighted by Gasteiger charge is -2.16. The number of hydrogen-bond donors (Lipinski definition) is 1. The molecule has 2 aromatic rings. The summed E-state index contributed by atoms with van der Waals surface area (Å²) < 4.78 is 16.5. The lowest BCUT2D eigenvalue weighted by Crippen LogP contribution is -2.30. The maximum atomic E-state index is 12.5. The van der Waals surface area contributed by atoms with Gasteiger partial charge in [-0.25, -0.2) is 4.79 Å². The van der Waals surface area contributed by atoms with Crippen molar-refractivity contribution in [2.24, 2.45) is 0 Å². The first kappa shape index (κ1) is 22.3. The van der Waals surface area contributed by atoms with Crippen LogP contribution in [0.5, 0.6) is 11.5 Å². The molecule has 2 aromatic carbocycles. The second-order valence-electron chi connectivity index (χ2n) is 6.80. The standard InChI is InChI=1S/C23H29NO5/c1-6-12-28-20-11-9-18(14-21(20)27-7-2)23(26)29-17(5)22(25)24-19-10-8-15(3)13-16(19)4/h8-11,13-14,17H,6-7,12H2,1-5H3,(H,24,25)/t17-/m0/s1. The van der Waals surface area contributed by atoms with Gasteiger partial charge in [0.2, 0.25) is 0 Å². The van der Waals surface area contributed by atoms with Gasteiger partial charge in [0.15, 0.2) is 17.6 Å². The summed E-state index contributed by atoms with van der Waals surface area (Å²) in [7, 11) is 0. The highest BCUT2D eigenvalue weighted by Crippen LogP contribution is 2.29. The number of aryl methyl sites for hydroxylation is 2. The predicted octanol–water partition coefficient (Wildman–Crippen LogP) is 4.67. The number of hydrogen-bond acceptors (Lipinski definition) is 5. The number of amides is 1. The Bertz CT molecular complexity index is 862. The maximum absolute atomic E-state index is 12.5. The SMILES string of the molecule is CCCOc1ccc(C(=O)O[C@@H](C)C(=O)Nc2ccc(C)cc2C)cc1OCC. The zero-order valence-corrected chi connectivity index (χ0v) is 17.7. The molecule has 0 saturated heterocycles. The summed E-state index contributed by atoms with van der Waals surface area (Å²) in [6.45, 7) is 10.3. The van der Waals surface area contributed by atoms with Crippen LogP contribution in [0.15, 0.2) is 36.4 Å². The van der Waals surface area contributed by atoms with Gasteiger partial charge in [0.1, 0.15) is 0 Å². The third-order valence-corrected chi connectivity index (χ3v) is 4.23. The van der Waals surface area contributed by atoms with E-state index in [9.17, 15) is 9.59 Å². The van der Waals surface area contributed by atoms with Gasteiger partial charge >= 0.3 is 5.97 Å². The Kier molecular flexibility index (Phi) is 8.07. The summed E-state index contributed by atoms with van der Waals surface area (Å²) >= 11 is 0. The zero-order valence-electron chi connectivity index (χ0n) is 17.7. The summed E-state index contributed by atoms with van der Waals surface area (Å²) in [5.74, 6) is 0.0585. The van der Waals surface area contributed by atoms with Crippen LogP contribution in [0.4, 0.5) is 5.69 Å². The van der Waals surface area contributed by atoms with Crippen molar-refractivity contribution in [3.8, 4) is 11.5 Å². The maximum Gasteiger partial charge on any atom is 0.339 e. The molecule has 0 spiro atoms. The van der Waals surface area contributed by atoms with Crippen molar-refractivity contribution in [2.75, 3.05) is 18.5 Å². The van der Waals surface area contributed by atoms with Crippen LogP contribution in [0.25, 0.3) is 0 Å². The highest BCUT2D eigenvalue weighted by atomic mass is 16.5. The quantitative estimate of drug-likeness (QED) is 0.620. The van der Waals surface area contributed by atoms with Crippen LogP contribution in [0.2, 0.25) is 0 Å². The number of nitrogens with one attached hydrogen (secondary N) is 1. The van der Waals surface area contributed by atoms with E-state index < -0.39 is 18.0 Å². The monoisotopic (exact) mass is 399 g/mol. The second kappa shape index (κ2) is 10.5. The molecule has 1 atom stereocenters. The first-order valence-corrected chi connectivity index (χ1v) is 9.84. The van der Waals surface area contributed by atoms with Crippen molar-refractivity contribution < 1.29 is 23.8 Å². The molecule has 0 heterocycles. The van der Waals surface area contributed by atoms with Crippen molar-refractivity contribution in [1.82, 2.24) is 0 Å². The van der Waals surface area contributed by atoms with Crippen molar-refractivity contribution >= 4 is 17.6 Å². The highest BCUT2D eigenvalue weighted by molar-refractivity contribution is 5.98. The van der Waals surface area contributed by atoms with Gasteiger partial charge in [0.25, 0.3) is 5.91 Å². The van der Waals surface area contributed by atoms with E-state index in [0.29, 0.717) is 36.0 Å². The minimum Gasteiger partial charge on any atom is -0.490 e. The number of carbonyl (C=O) groups is 2. The van der Waals surface area contributed by atoms with E-state index in [1.807, 2.05) is 45.9 Å². The summed E-state index contributed by atoms with van der Waals surface area (Å²) in [5.41, 5.74) is 3.04. The first-order chi connectivity index (χ1) is 13.8. The van der Waals surface area contributed by atoms with Crippen molar-refractivity contribution in [1.29, 1.82) is 0 Å². The molecule has 0 unspecified atom stereocenters. The Morgan fingerprint density at radius 2 is 1.76 bits per heavy atom. The highest BCUT2D eigenvalue weighted by Gasteiger charge is 2.21. The third kappa shape index (κ3) is 6.24. The summed E-state index contributed by atoms with van der Waals surface area (Å²) in [6, 6.07) is 10.6. The molecule has 0 bridgehead atoms. The fraction of sp³-hybridized carbons (Fsp3) is 0.391. The van der Waals surface area contributed by atoms with Crippen molar-refractivity contribution in [2.45, 2.75) is 47.1 Å². The van der Waals surface area contributed by atoms with Gasteiger partial charge in [-0.15, -0.1) is 0 Å². The third-order valence-electron chi connectivity index (χ3n) is 4.23. The lowest BCUT2D eigenvalue weighted by atomic mass is 10.1. The molecular weight excluding hydrogens is 370 g/mol. The van der Waals surface area contributed by atoms with Crippen LogP contribution < -0.4 is 14.8 Å². The molecule has 0 radical (unpaired) electrons. The van der Waals surface area contributed by atoms with Crippen LogP contribution >= 0.6 is 0 Å². The predicted molar refractivity (Wildman–Crippen MR) is 113 cm³/mol. The van der Waals surface area contributed by atoms with Gasteiger partial charge in [-0.1, -0.05) is 24.6 Å². The number of rotatable bonds is 9. The molecule has 6 nitrogen and oxygen atoms in total. The summed E-state index contributed by atoms with van der Waals surface area (Å²) in [4.78, 5) is 24.9. The molecule has 0 aromatic heterocycles. The Morgan fingerprint density at radius 1 is 1.00 bits per heavy atom. The van der Waals surface area contributed by atoms with Gasteiger partial charge in [-0.05, 0) is 63.9 Å². The van der Waals surface area contributed by atoms with Crippen LogP contribution in [-0.4, -0.2) is 31.2 Å². The fourth-order valence-electron chi connectivity index (χ4n) is 2.70. The van der Waals surface area contributed by atoms with Crippen molar-refractivity contribution in [3.05, 3.63) is 53.1 Å². The first-order valence-electron chi connectivity index (χ1n) is 9.84. The van der Waals surface area contributed by atoms with E-state index >= 15 is 0 Å². The molecular formula is C23H29NO5.